The van der Waals surface area contributed by atoms with E-state index in [1.807, 2.05) is 13.0 Å². The van der Waals surface area contributed by atoms with Crippen molar-refractivity contribution in [2.75, 3.05) is 25.5 Å². The highest BCUT2D eigenvalue weighted by Crippen LogP contribution is 2.24. The van der Waals surface area contributed by atoms with Crippen molar-refractivity contribution in [3.8, 4) is 0 Å². The maximum absolute atomic E-state index is 12.3. The predicted molar refractivity (Wildman–Crippen MR) is 83.9 cm³/mol. The molecule has 0 saturated carbocycles. The van der Waals surface area contributed by atoms with Crippen molar-refractivity contribution in [2.24, 2.45) is 0 Å². The first-order valence-electron chi connectivity index (χ1n) is 6.15. The van der Waals surface area contributed by atoms with Crippen molar-refractivity contribution >= 4 is 36.4 Å². The van der Waals surface area contributed by atoms with E-state index >= 15 is 0 Å². The topological polar surface area (TPSA) is 63.2 Å². The number of nitrogens with zero attached hydrogens (tertiary/aromatic N) is 1. The van der Waals surface area contributed by atoms with E-state index in [0.29, 0.717) is 12.8 Å². The van der Waals surface area contributed by atoms with Crippen LogP contribution in [0.25, 0.3) is 0 Å². The molecule has 1 amide bonds. The van der Waals surface area contributed by atoms with Crippen molar-refractivity contribution in [3.63, 3.8) is 0 Å². The fraction of sp³-hybridized carbons (Fsp3) is 0.538. The molecular weight excluding hydrogens is 301 g/mol. The Hall–Kier alpha value is -0.880. The van der Waals surface area contributed by atoms with Crippen LogP contribution >= 0.6 is 24.8 Å². The Morgan fingerprint density at radius 1 is 1.35 bits per heavy atom. The lowest BCUT2D eigenvalue weighted by Gasteiger charge is -2.34. The number of pyridine rings is 1. The summed E-state index contributed by atoms with van der Waals surface area (Å²) < 4.78 is 5.47. The highest BCUT2D eigenvalue weighted by molar-refractivity contribution is 5.97. The summed E-state index contributed by atoms with van der Waals surface area (Å²) in [5.41, 5.74) is 1.02. The number of anilines is 1. The van der Waals surface area contributed by atoms with Crippen LogP contribution in [0.15, 0.2) is 18.5 Å². The third-order valence-corrected chi connectivity index (χ3v) is 3.35. The molecule has 5 nitrogen and oxygen atoms in total. The fourth-order valence-corrected chi connectivity index (χ4v) is 2.22. The SMILES string of the molecule is COC1(C(=O)Nc2cncc(C)c2)CCNCC1.Cl.Cl. The number of aryl methyl sites for hydroxylation is 1. The molecule has 2 N–H and O–H groups in total. The van der Waals surface area contributed by atoms with Gasteiger partial charge in [0.05, 0.1) is 11.9 Å². The van der Waals surface area contributed by atoms with E-state index in [2.05, 4.69) is 15.6 Å². The van der Waals surface area contributed by atoms with Crippen LogP contribution in [0.2, 0.25) is 0 Å². The van der Waals surface area contributed by atoms with E-state index in [4.69, 9.17) is 4.74 Å². The summed E-state index contributed by atoms with van der Waals surface area (Å²) in [6.45, 7) is 3.54. The molecule has 0 bridgehead atoms. The Morgan fingerprint density at radius 2 is 2.00 bits per heavy atom. The molecule has 0 unspecified atom stereocenters. The van der Waals surface area contributed by atoms with Gasteiger partial charge in [0.2, 0.25) is 0 Å². The number of aromatic nitrogens is 1. The summed E-state index contributed by atoms with van der Waals surface area (Å²) in [5, 5.41) is 6.12. The molecule has 0 aromatic carbocycles. The highest BCUT2D eigenvalue weighted by atomic mass is 35.5. The van der Waals surface area contributed by atoms with Gasteiger partial charge in [-0.25, -0.2) is 0 Å². The zero-order valence-corrected chi connectivity index (χ0v) is 13.3. The minimum atomic E-state index is -0.713. The molecule has 1 aromatic heterocycles. The van der Waals surface area contributed by atoms with Crippen LogP contribution in [0.3, 0.4) is 0 Å². The van der Waals surface area contributed by atoms with E-state index in [1.54, 1.807) is 19.5 Å². The molecule has 1 aliphatic rings. The number of carbonyl (C=O) groups is 1. The Kier molecular flexibility index (Phi) is 8.05. The summed E-state index contributed by atoms with van der Waals surface area (Å²) in [7, 11) is 1.60. The van der Waals surface area contributed by atoms with Crippen molar-refractivity contribution in [2.45, 2.75) is 25.4 Å². The third kappa shape index (κ3) is 4.31. The van der Waals surface area contributed by atoms with Crippen molar-refractivity contribution in [1.82, 2.24) is 10.3 Å². The van der Waals surface area contributed by atoms with Gasteiger partial charge in [0.1, 0.15) is 5.60 Å². The Morgan fingerprint density at radius 3 is 2.55 bits per heavy atom. The molecule has 1 saturated heterocycles. The number of halogens is 2. The van der Waals surface area contributed by atoms with E-state index in [-0.39, 0.29) is 30.7 Å². The first kappa shape index (κ1) is 19.1. The molecule has 2 heterocycles. The number of piperidine rings is 1. The zero-order valence-electron chi connectivity index (χ0n) is 11.6. The number of hydrogen-bond acceptors (Lipinski definition) is 4. The monoisotopic (exact) mass is 321 g/mol. The lowest BCUT2D eigenvalue weighted by molar-refractivity contribution is -0.140. The predicted octanol–water partition coefficient (Wildman–Crippen LogP) is 1.94. The van der Waals surface area contributed by atoms with Crippen molar-refractivity contribution in [3.05, 3.63) is 24.0 Å². The van der Waals surface area contributed by atoms with E-state index in [9.17, 15) is 4.79 Å². The largest absolute Gasteiger partial charge is 0.368 e. The summed E-state index contributed by atoms with van der Waals surface area (Å²) in [6, 6.07) is 1.90. The number of rotatable bonds is 3. The van der Waals surface area contributed by atoms with Gasteiger partial charge in [-0.1, -0.05) is 0 Å². The van der Waals surface area contributed by atoms with Gasteiger partial charge in [-0.05, 0) is 44.5 Å². The van der Waals surface area contributed by atoms with Crippen LogP contribution in [-0.4, -0.2) is 36.7 Å². The lowest BCUT2D eigenvalue weighted by atomic mass is 9.91. The Balaban J connectivity index is 0.00000180. The Labute approximate surface area is 131 Å². The van der Waals surface area contributed by atoms with E-state index < -0.39 is 5.60 Å². The summed E-state index contributed by atoms with van der Waals surface area (Å²) in [6.07, 6.45) is 4.78. The summed E-state index contributed by atoms with van der Waals surface area (Å²) >= 11 is 0. The van der Waals surface area contributed by atoms with Crippen molar-refractivity contribution < 1.29 is 9.53 Å². The molecule has 1 aliphatic heterocycles. The van der Waals surface area contributed by atoms with Crippen LogP contribution in [-0.2, 0) is 9.53 Å². The second-order valence-electron chi connectivity index (χ2n) is 4.65. The van der Waals surface area contributed by atoms with E-state index in [1.165, 1.54) is 0 Å². The maximum Gasteiger partial charge on any atom is 0.256 e. The first-order valence-corrected chi connectivity index (χ1v) is 6.15. The van der Waals surface area contributed by atoms with Crippen LogP contribution in [0.4, 0.5) is 5.69 Å². The number of amides is 1. The van der Waals surface area contributed by atoms with Gasteiger partial charge in [-0.2, -0.15) is 0 Å². The fourth-order valence-electron chi connectivity index (χ4n) is 2.22. The lowest BCUT2D eigenvalue weighted by Crippen LogP contribution is -2.51. The molecule has 7 heteroatoms. The second kappa shape index (κ2) is 8.42. The standard InChI is InChI=1S/C13H19N3O2.2ClH/c1-10-7-11(9-15-8-10)16-12(17)13(18-2)3-5-14-6-4-13;;/h7-9,14H,3-6H2,1-2H3,(H,16,17);2*1H. The average molecular weight is 322 g/mol. The molecule has 2 rings (SSSR count). The zero-order chi connectivity index (χ0) is 13.0. The summed E-state index contributed by atoms with van der Waals surface area (Å²) in [5.74, 6) is -0.0844. The van der Waals surface area contributed by atoms with Crippen LogP contribution in [0.1, 0.15) is 18.4 Å². The van der Waals surface area contributed by atoms with E-state index in [0.717, 1.165) is 24.3 Å². The maximum atomic E-state index is 12.3. The molecule has 0 atom stereocenters. The molecule has 1 fully saturated rings. The number of carbonyl (C=O) groups excluding carboxylic acids is 1. The molecule has 0 radical (unpaired) electrons. The van der Waals surface area contributed by atoms with Crippen LogP contribution in [0.5, 0.6) is 0 Å². The molecule has 20 heavy (non-hydrogen) atoms. The molecular formula is C13H21Cl2N3O2. The number of ether oxygens (including phenoxy) is 1. The molecule has 1 aromatic rings. The van der Waals surface area contributed by atoms with Gasteiger partial charge in [0.25, 0.3) is 5.91 Å². The first-order chi connectivity index (χ1) is 8.66. The minimum absolute atomic E-state index is 0. The van der Waals surface area contributed by atoms with Gasteiger partial charge in [-0.15, -0.1) is 24.8 Å². The van der Waals surface area contributed by atoms with Gasteiger partial charge in [0.15, 0.2) is 0 Å². The van der Waals surface area contributed by atoms with Gasteiger partial charge in [0, 0.05) is 13.3 Å². The van der Waals surface area contributed by atoms with Gasteiger partial charge in [-0.3, -0.25) is 9.78 Å². The number of nitrogens with one attached hydrogen (secondary N) is 2. The molecule has 0 aliphatic carbocycles. The highest BCUT2D eigenvalue weighted by Gasteiger charge is 2.39. The minimum Gasteiger partial charge on any atom is -0.368 e. The normalized spacial score (nSPS) is 16.5. The summed E-state index contributed by atoms with van der Waals surface area (Å²) in [4.78, 5) is 16.4. The number of methoxy groups -OCH3 is 1. The quantitative estimate of drug-likeness (QED) is 0.893. The molecule has 114 valence electrons. The second-order valence-corrected chi connectivity index (χ2v) is 4.65. The Bertz CT molecular complexity index is 437. The molecule has 0 spiro atoms. The number of hydrogen-bond donors (Lipinski definition) is 2. The van der Waals surface area contributed by atoms with Crippen LogP contribution < -0.4 is 10.6 Å². The smallest absolute Gasteiger partial charge is 0.256 e. The third-order valence-electron chi connectivity index (χ3n) is 3.35. The van der Waals surface area contributed by atoms with Gasteiger partial charge >= 0.3 is 0 Å². The van der Waals surface area contributed by atoms with Crippen LogP contribution in [0, 0.1) is 6.92 Å². The van der Waals surface area contributed by atoms with Crippen molar-refractivity contribution in [1.29, 1.82) is 0 Å². The average Bonchev–Trinajstić information content (AvgIpc) is 2.39. The van der Waals surface area contributed by atoms with Gasteiger partial charge < -0.3 is 15.4 Å².